The van der Waals surface area contributed by atoms with Crippen LogP contribution in [0.2, 0.25) is 0 Å². The van der Waals surface area contributed by atoms with Gasteiger partial charge in [0.15, 0.2) is 0 Å². The van der Waals surface area contributed by atoms with Gasteiger partial charge in [-0.3, -0.25) is 4.79 Å². The van der Waals surface area contributed by atoms with E-state index in [1.54, 1.807) is 0 Å². The standard InChI is InChI=1S/C18H32N2O/c21-18(12-9-16-8-4-5-13-19-16)20(17-10-11-17)14-15-6-2-1-3-7-15/h15-17,19H,1-14H2. The molecule has 21 heavy (non-hydrogen) atoms. The summed E-state index contributed by atoms with van der Waals surface area (Å²) in [7, 11) is 0. The highest BCUT2D eigenvalue weighted by molar-refractivity contribution is 5.77. The van der Waals surface area contributed by atoms with Crippen LogP contribution in [0, 0.1) is 5.92 Å². The number of rotatable bonds is 6. The van der Waals surface area contributed by atoms with E-state index in [0.717, 1.165) is 31.8 Å². The summed E-state index contributed by atoms with van der Waals surface area (Å²) in [4.78, 5) is 14.9. The van der Waals surface area contributed by atoms with Gasteiger partial charge in [0.1, 0.15) is 0 Å². The normalized spacial score (nSPS) is 27.5. The van der Waals surface area contributed by atoms with E-state index in [4.69, 9.17) is 0 Å². The molecule has 0 bridgehead atoms. The summed E-state index contributed by atoms with van der Waals surface area (Å²) in [6.45, 7) is 2.20. The van der Waals surface area contributed by atoms with Crippen molar-refractivity contribution < 1.29 is 4.79 Å². The highest BCUT2D eigenvalue weighted by Gasteiger charge is 2.34. The maximum Gasteiger partial charge on any atom is 0.222 e. The molecule has 1 N–H and O–H groups in total. The van der Waals surface area contributed by atoms with Crippen LogP contribution in [-0.4, -0.2) is 36.0 Å². The van der Waals surface area contributed by atoms with Crippen LogP contribution in [-0.2, 0) is 4.79 Å². The van der Waals surface area contributed by atoms with Crippen molar-refractivity contribution in [1.82, 2.24) is 10.2 Å². The largest absolute Gasteiger partial charge is 0.339 e. The second kappa shape index (κ2) is 7.62. The highest BCUT2D eigenvalue weighted by atomic mass is 16.2. The van der Waals surface area contributed by atoms with Crippen LogP contribution in [0.5, 0.6) is 0 Å². The minimum absolute atomic E-state index is 0.440. The number of nitrogens with zero attached hydrogens (tertiary/aromatic N) is 1. The number of hydrogen-bond acceptors (Lipinski definition) is 2. The summed E-state index contributed by atoms with van der Waals surface area (Å²) in [6.07, 6.45) is 15.1. The Morgan fingerprint density at radius 3 is 2.38 bits per heavy atom. The number of amides is 1. The Kier molecular flexibility index (Phi) is 5.56. The smallest absolute Gasteiger partial charge is 0.222 e. The monoisotopic (exact) mass is 292 g/mol. The molecular weight excluding hydrogens is 260 g/mol. The lowest BCUT2D eigenvalue weighted by Crippen LogP contribution is -2.39. The van der Waals surface area contributed by atoms with Gasteiger partial charge in [-0.2, -0.15) is 0 Å². The zero-order chi connectivity index (χ0) is 14.5. The molecule has 1 aliphatic heterocycles. The molecule has 2 saturated carbocycles. The third-order valence-corrected chi connectivity index (χ3v) is 5.61. The van der Waals surface area contributed by atoms with Crippen molar-refractivity contribution in [1.29, 1.82) is 0 Å². The first-order valence-electron chi connectivity index (χ1n) is 9.36. The van der Waals surface area contributed by atoms with Gasteiger partial charge in [-0.05, 0) is 57.4 Å². The number of hydrogen-bond donors (Lipinski definition) is 1. The van der Waals surface area contributed by atoms with E-state index in [1.165, 1.54) is 64.2 Å². The van der Waals surface area contributed by atoms with Gasteiger partial charge in [-0.25, -0.2) is 0 Å². The molecule has 1 heterocycles. The van der Waals surface area contributed by atoms with Crippen LogP contribution in [0.15, 0.2) is 0 Å². The average Bonchev–Trinajstić information content (AvgIpc) is 3.37. The quantitative estimate of drug-likeness (QED) is 0.813. The number of nitrogens with one attached hydrogen (secondary N) is 1. The molecule has 0 aromatic carbocycles. The molecule has 0 spiro atoms. The molecule has 1 atom stereocenters. The minimum Gasteiger partial charge on any atom is -0.339 e. The Morgan fingerprint density at radius 1 is 0.952 bits per heavy atom. The van der Waals surface area contributed by atoms with E-state index in [-0.39, 0.29) is 0 Å². The van der Waals surface area contributed by atoms with Gasteiger partial charge >= 0.3 is 0 Å². The highest BCUT2D eigenvalue weighted by Crippen LogP contribution is 2.32. The van der Waals surface area contributed by atoms with E-state index in [2.05, 4.69) is 10.2 Å². The van der Waals surface area contributed by atoms with Crippen molar-refractivity contribution in [3.8, 4) is 0 Å². The molecule has 0 aromatic rings. The third kappa shape index (κ3) is 4.70. The number of carbonyl (C=O) groups excluding carboxylic acids is 1. The van der Waals surface area contributed by atoms with Crippen LogP contribution in [0.25, 0.3) is 0 Å². The van der Waals surface area contributed by atoms with Gasteiger partial charge in [-0.1, -0.05) is 25.7 Å². The SMILES string of the molecule is O=C(CCC1CCCCN1)N(CC1CCCCC1)C1CC1. The fourth-order valence-electron chi connectivity index (χ4n) is 4.10. The Balaban J connectivity index is 1.44. The minimum atomic E-state index is 0.440. The fourth-order valence-corrected chi connectivity index (χ4v) is 4.10. The first-order valence-corrected chi connectivity index (χ1v) is 9.36. The lowest BCUT2D eigenvalue weighted by atomic mass is 9.88. The van der Waals surface area contributed by atoms with Crippen molar-refractivity contribution in [2.75, 3.05) is 13.1 Å². The van der Waals surface area contributed by atoms with E-state index in [0.29, 0.717) is 18.0 Å². The summed E-state index contributed by atoms with van der Waals surface area (Å²) in [5.74, 6) is 1.23. The zero-order valence-corrected chi connectivity index (χ0v) is 13.5. The maximum atomic E-state index is 12.6. The molecule has 3 nitrogen and oxygen atoms in total. The van der Waals surface area contributed by atoms with Crippen molar-refractivity contribution in [2.24, 2.45) is 5.92 Å². The van der Waals surface area contributed by atoms with Crippen LogP contribution in [0.3, 0.4) is 0 Å². The molecule has 0 radical (unpaired) electrons. The van der Waals surface area contributed by atoms with Gasteiger partial charge in [0.25, 0.3) is 0 Å². The van der Waals surface area contributed by atoms with Gasteiger partial charge in [-0.15, -0.1) is 0 Å². The van der Waals surface area contributed by atoms with Crippen LogP contribution in [0.4, 0.5) is 0 Å². The van der Waals surface area contributed by atoms with Crippen LogP contribution in [0.1, 0.15) is 77.0 Å². The van der Waals surface area contributed by atoms with Gasteiger partial charge in [0.2, 0.25) is 5.91 Å². The molecule has 3 fully saturated rings. The molecule has 1 saturated heterocycles. The Labute approximate surface area is 129 Å². The number of carbonyl (C=O) groups is 1. The van der Waals surface area contributed by atoms with E-state index in [1.807, 2.05) is 0 Å². The van der Waals surface area contributed by atoms with E-state index in [9.17, 15) is 4.79 Å². The molecule has 1 amide bonds. The van der Waals surface area contributed by atoms with Gasteiger partial charge < -0.3 is 10.2 Å². The summed E-state index contributed by atoms with van der Waals surface area (Å²) < 4.78 is 0. The topological polar surface area (TPSA) is 32.3 Å². The Morgan fingerprint density at radius 2 is 1.71 bits per heavy atom. The summed E-state index contributed by atoms with van der Waals surface area (Å²) in [5, 5.41) is 3.57. The van der Waals surface area contributed by atoms with Crippen molar-refractivity contribution in [3.05, 3.63) is 0 Å². The van der Waals surface area contributed by atoms with E-state index < -0.39 is 0 Å². The average molecular weight is 292 g/mol. The van der Waals surface area contributed by atoms with E-state index >= 15 is 0 Å². The summed E-state index contributed by atoms with van der Waals surface area (Å²) in [6, 6.07) is 1.19. The Hall–Kier alpha value is -0.570. The molecule has 3 rings (SSSR count). The zero-order valence-electron chi connectivity index (χ0n) is 13.5. The maximum absolute atomic E-state index is 12.6. The summed E-state index contributed by atoms with van der Waals surface area (Å²) in [5.41, 5.74) is 0. The molecule has 120 valence electrons. The molecule has 2 aliphatic carbocycles. The van der Waals surface area contributed by atoms with Crippen LogP contribution < -0.4 is 5.32 Å². The van der Waals surface area contributed by atoms with Crippen molar-refractivity contribution in [2.45, 2.75) is 89.1 Å². The molecule has 1 unspecified atom stereocenters. The lowest BCUT2D eigenvalue weighted by molar-refractivity contribution is -0.132. The third-order valence-electron chi connectivity index (χ3n) is 5.61. The lowest BCUT2D eigenvalue weighted by Gasteiger charge is -2.31. The second-order valence-corrected chi connectivity index (χ2v) is 7.47. The van der Waals surface area contributed by atoms with Crippen molar-refractivity contribution >= 4 is 5.91 Å². The molecule has 3 aliphatic rings. The van der Waals surface area contributed by atoms with Crippen molar-refractivity contribution in [3.63, 3.8) is 0 Å². The number of piperidine rings is 1. The van der Waals surface area contributed by atoms with Crippen LogP contribution >= 0.6 is 0 Å². The van der Waals surface area contributed by atoms with Gasteiger partial charge in [0, 0.05) is 25.0 Å². The second-order valence-electron chi connectivity index (χ2n) is 7.47. The summed E-state index contributed by atoms with van der Waals surface area (Å²) >= 11 is 0. The first kappa shape index (κ1) is 15.3. The molecule has 0 aromatic heterocycles. The predicted octanol–water partition coefficient (Wildman–Crippen LogP) is 3.48. The predicted molar refractivity (Wildman–Crippen MR) is 86.2 cm³/mol. The molecule has 3 heteroatoms. The fraction of sp³-hybridized carbons (Fsp3) is 0.944. The Bertz CT molecular complexity index is 328. The molecular formula is C18H32N2O. The van der Waals surface area contributed by atoms with Gasteiger partial charge in [0.05, 0.1) is 0 Å². The first-order chi connectivity index (χ1) is 10.3.